The van der Waals surface area contributed by atoms with Gasteiger partial charge in [0.1, 0.15) is 0 Å². The normalized spacial score (nSPS) is 10.5. The Kier molecular flexibility index (Phi) is 6.38. The molecule has 0 aliphatic heterocycles. The van der Waals surface area contributed by atoms with Crippen molar-refractivity contribution in [2.75, 3.05) is 20.8 Å². The second-order valence-corrected chi connectivity index (χ2v) is 6.59. The lowest BCUT2D eigenvalue weighted by molar-refractivity contribution is -0.142. The van der Waals surface area contributed by atoms with Gasteiger partial charge in [-0.1, -0.05) is 11.2 Å². The number of aromatic nitrogens is 2. The lowest BCUT2D eigenvalue weighted by Crippen LogP contribution is -2.14. The Morgan fingerprint density at radius 3 is 2.68 bits per heavy atom. The van der Waals surface area contributed by atoms with Crippen molar-refractivity contribution in [1.82, 2.24) is 10.1 Å². The maximum absolute atomic E-state index is 12.2. The van der Waals surface area contributed by atoms with Crippen LogP contribution in [0.4, 0.5) is 0 Å². The average Bonchev–Trinajstić information content (AvgIpc) is 3.41. The van der Waals surface area contributed by atoms with Crippen LogP contribution in [0.3, 0.4) is 0 Å². The summed E-state index contributed by atoms with van der Waals surface area (Å²) in [6, 6.07) is 8.52. The molecule has 2 heterocycles. The minimum atomic E-state index is -0.523. The zero-order valence-electron chi connectivity index (χ0n) is 15.3. The molecule has 146 valence electrons. The second kappa shape index (κ2) is 9.14. The van der Waals surface area contributed by atoms with Crippen LogP contribution in [0.15, 0.2) is 40.2 Å². The molecule has 0 radical (unpaired) electrons. The molecule has 3 rings (SSSR count). The summed E-state index contributed by atoms with van der Waals surface area (Å²) in [5.41, 5.74) is 0.364. The minimum Gasteiger partial charge on any atom is -0.493 e. The number of methoxy groups -OCH3 is 2. The highest BCUT2D eigenvalue weighted by Crippen LogP contribution is 2.27. The van der Waals surface area contributed by atoms with Crippen LogP contribution in [0.25, 0.3) is 10.7 Å². The number of nitrogens with zero attached hydrogens (tertiary/aromatic N) is 2. The van der Waals surface area contributed by atoms with Gasteiger partial charge in [-0.3, -0.25) is 9.59 Å². The molecule has 0 saturated heterocycles. The van der Waals surface area contributed by atoms with Crippen LogP contribution in [-0.4, -0.2) is 42.7 Å². The molecule has 1 aromatic carbocycles. The third-order valence-corrected chi connectivity index (χ3v) is 4.69. The van der Waals surface area contributed by atoms with E-state index in [4.69, 9.17) is 18.7 Å². The molecule has 8 nitrogen and oxygen atoms in total. The molecule has 0 unspecified atom stereocenters. The van der Waals surface area contributed by atoms with E-state index in [0.717, 1.165) is 4.88 Å². The van der Waals surface area contributed by atoms with E-state index in [0.29, 0.717) is 28.8 Å². The Balaban J connectivity index is 1.48. The van der Waals surface area contributed by atoms with Crippen LogP contribution >= 0.6 is 11.3 Å². The highest BCUT2D eigenvalue weighted by Gasteiger charge is 2.15. The summed E-state index contributed by atoms with van der Waals surface area (Å²) in [5, 5.41) is 5.79. The van der Waals surface area contributed by atoms with Gasteiger partial charge in [0.05, 0.1) is 25.5 Å². The fourth-order valence-electron chi connectivity index (χ4n) is 2.38. The standard InChI is InChI=1S/C19H18N2O6S/c1-24-14-6-5-12(10-15(14)25-2)13(22)11-26-18(23)8-7-17-20-19(21-27-17)16-4-3-9-28-16/h3-6,9-10H,7-8,11H2,1-2H3. The monoisotopic (exact) mass is 402 g/mol. The molecule has 9 heteroatoms. The van der Waals surface area contributed by atoms with E-state index >= 15 is 0 Å². The van der Waals surface area contributed by atoms with Crippen LogP contribution in [-0.2, 0) is 16.0 Å². The van der Waals surface area contributed by atoms with E-state index in [1.54, 1.807) is 18.2 Å². The number of benzene rings is 1. The molecular weight excluding hydrogens is 384 g/mol. The van der Waals surface area contributed by atoms with Crippen LogP contribution in [0.5, 0.6) is 11.5 Å². The summed E-state index contributed by atoms with van der Waals surface area (Å²) in [4.78, 5) is 29.2. The van der Waals surface area contributed by atoms with Crippen LogP contribution in [0.2, 0.25) is 0 Å². The van der Waals surface area contributed by atoms with E-state index < -0.39 is 5.97 Å². The lowest BCUT2D eigenvalue weighted by atomic mass is 10.1. The summed E-state index contributed by atoms with van der Waals surface area (Å²) < 4.78 is 20.5. The minimum absolute atomic E-state index is 0.0330. The fourth-order valence-corrected chi connectivity index (χ4v) is 3.03. The van der Waals surface area contributed by atoms with Crippen molar-refractivity contribution in [1.29, 1.82) is 0 Å². The lowest BCUT2D eigenvalue weighted by Gasteiger charge is -2.09. The molecule has 0 atom stereocenters. The number of ketones is 1. The number of Topliss-reactive ketones (excluding diaryl/α,β-unsaturated/α-hetero) is 1. The number of carbonyl (C=O) groups is 2. The molecule has 0 bridgehead atoms. The van der Waals surface area contributed by atoms with Crippen LogP contribution in [0.1, 0.15) is 22.7 Å². The quantitative estimate of drug-likeness (QED) is 0.397. The van der Waals surface area contributed by atoms with Gasteiger partial charge < -0.3 is 18.7 Å². The first-order valence-electron chi connectivity index (χ1n) is 8.38. The average molecular weight is 402 g/mol. The third kappa shape index (κ3) is 4.74. The summed E-state index contributed by atoms with van der Waals surface area (Å²) in [6.07, 6.45) is 0.271. The van der Waals surface area contributed by atoms with Crippen molar-refractivity contribution < 1.29 is 28.3 Å². The zero-order valence-corrected chi connectivity index (χ0v) is 16.2. The Labute approximate surface area is 165 Å². The highest BCUT2D eigenvalue weighted by atomic mass is 32.1. The van der Waals surface area contributed by atoms with Gasteiger partial charge in [0.15, 0.2) is 23.9 Å². The van der Waals surface area contributed by atoms with E-state index in [2.05, 4.69) is 10.1 Å². The molecule has 3 aromatic rings. The van der Waals surface area contributed by atoms with Gasteiger partial charge >= 0.3 is 5.97 Å². The SMILES string of the molecule is COc1ccc(C(=O)COC(=O)CCc2nc(-c3cccs3)no2)cc1OC. The molecule has 0 amide bonds. The van der Waals surface area contributed by atoms with Gasteiger partial charge in [-0.25, -0.2) is 0 Å². The summed E-state index contributed by atoms with van der Waals surface area (Å²) in [5.74, 6) is 0.903. The number of rotatable bonds is 9. The molecule has 0 aliphatic rings. The second-order valence-electron chi connectivity index (χ2n) is 5.64. The maximum atomic E-state index is 12.2. The van der Waals surface area contributed by atoms with Crippen molar-refractivity contribution in [3.8, 4) is 22.2 Å². The van der Waals surface area contributed by atoms with Crippen molar-refractivity contribution in [3.05, 3.63) is 47.2 Å². The summed E-state index contributed by atoms with van der Waals surface area (Å²) in [7, 11) is 2.99. The van der Waals surface area contributed by atoms with Gasteiger partial charge in [-0.15, -0.1) is 11.3 Å². The van der Waals surface area contributed by atoms with E-state index in [9.17, 15) is 9.59 Å². The fraction of sp³-hybridized carbons (Fsp3) is 0.263. The van der Waals surface area contributed by atoms with Crippen LogP contribution < -0.4 is 9.47 Å². The van der Waals surface area contributed by atoms with Crippen LogP contribution in [0, 0.1) is 0 Å². The highest BCUT2D eigenvalue weighted by molar-refractivity contribution is 7.13. The topological polar surface area (TPSA) is 101 Å². The number of ether oxygens (including phenoxy) is 3. The number of hydrogen-bond acceptors (Lipinski definition) is 9. The molecule has 28 heavy (non-hydrogen) atoms. The predicted molar refractivity (Wildman–Crippen MR) is 101 cm³/mol. The first kappa shape index (κ1) is 19.6. The van der Waals surface area contributed by atoms with Gasteiger partial charge in [-0.2, -0.15) is 4.98 Å². The maximum Gasteiger partial charge on any atom is 0.306 e. The Hall–Kier alpha value is -3.20. The number of thiophene rings is 1. The van der Waals surface area contributed by atoms with Gasteiger partial charge in [0.25, 0.3) is 0 Å². The van der Waals surface area contributed by atoms with Crippen molar-refractivity contribution in [3.63, 3.8) is 0 Å². The first-order chi connectivity index (χ1) is 13.6. The van der Waals surface area contributed by atoms with Crippen molar-refractivity contribution in [2.45, 2.75) is 12.8 Å². The van der Waals surface area contributed by atoms with Crippen molar-refractivity contribution in [2.24, 2.45) is 0 Å². The molecule has 2 aromatic heterocycles. The number of aryl methyl sites for hydroxylation is 1. The number of carbonyl (C=O) groups excluding carboxylic acids is 2. The zero-order chi connectivity index (χ0) is 19.9. The molecule has 0 saturated carbocycles. The molecule has 0 aliphatic carbocycles. The molecule has 0 spiro atoms. The molecule has 0 N–H and O–H groups in total. The Morgan fingerprint density at radius 2 is 1.96 bits per heavy atom. The first-order valence-corrected chi connectivity index (χ1v) is 9.26. The largest absolute Gasteiger partial charge is 0.493 e. The third-order valence-electron chi connectivity index (χ3n) is 3.82. The van der Waals surface area contributed by atoms with Gasteiger partial charge in [-0.05, 0) is 29.6 Å². The van der Waals surface area contributed by atoms with E-state index in [1.165, 1.54) is 25.6 Å². The number of esters is 1. The molecular formula is C19H18N2O6S. The van der Waals surface area contributed by atoms with Crippen molar-refractivity contribution >= 4 is 23.1 Å². The molecule has 0 fully saturated rings. The summed E-state index contributed by atoms with van der Waals surface area (Å²) >= 11 is 1.50. The Bertz CT molecular complexity index is 951. The van der Waals surface area contributed by atoms with E-state index in [1.807, 2.05) is 17.5 Å². The smallest absolute Gasteiger partial charge is 0.306 e. The van der Waals surface area contributed by atoms with Gasteiger partial charge in [0, 0.05) is 12.0 Å². The Morgan fingerprint density at radius 1 is 1.14 bits per heavy atom. The van der Waals surface area contributed by atoms with E-state index in [-0.39, 0.29) is 25.2 Å². The van der Waals surface area contributed by atoms with Gasteiger partial charge in [0.2, 0.25) is 11.7 Å². The summed E-state index contributed by atoms with van der Waals surface area (Å²) in [6.45, 7) is -0.363. The predicted octanol–water partition coefficient (Wildman–Crippen LogP) is 3.17. The number of hydrogen-bond donors (Lipinski definition) is 0.